The summed E-state index contributed by atoms with van der Waals surface area (Å²) in [6, 6.07) is 5.60. The summed E-state index contributed by atoms with van der Waals surface area (Å²) in [6.45, 7) is 3.31. The number of carbonyl (C=O) groups is 1. The molecule has 0 spiro atoms. The lowest BCUT2D eigenvalue weighted by atomic mass is 10.00. The van der Waals surface area contributed by atoms with Crippen LogP contribution in [0.25, 0.3) is 0 Å². The third kappa shape index (κ3) is 3.11. The second-order valence-corrected chi connectivity index (χ2v) is 4.64. The molecule has 1 heterocycles. The first-order chi connectivity index (χ1) is 9.13. The minimum atomic E-state index is -0.875. The highest BCUT2D eigenvalue weighted by Gasteiger charge is 2.34. The van der Waals surface area contributed by atoms with Gasteiger partial charge < -0.3 is 9.84 Å². The molecule has 2 rings (SSSR count). The van der Waals surface area contributed by atoms with E-state index in [9.17, 15) is 14.3 Å². The predicted octanol–water partition coefficient (Wildman–Crippen LogP) is 2.06. The number of aliphatic carboxylic acids is 1. The fraction of sp³-hybridized carbons (Fsp3) is 0.500. The number of hydrogen-bond acceptors (Lipinski definition) is 3. The van der Waals surface area contributed by atoms with Gasteiger partial charge in [-0.15, -0.1) is 0 Å². The van der Waals surface area contributed by atoms with E-state index in [0.29, 0.717) is 13.2 Å². The number of hydrogen-bond donors (Lipinski definition) is 1. The van der Waals surface area contributed by atoms with Gasteiger partial charge in [-0.05, 0) is 24.1 Å². The number of rotatable bonds is 4. The molecule has 1 N–H and O–H groups in total. The van der Waals surface area contributed by atoms with Crippen LogP contribution in [-0.4, -0.2) is 41.8 Å². The maximum absolute atomic E-state index is 13.0. The van der Waals surface area contributed by atoms with Gasteiger partial charge in [0.05, 0.1) is 13.2 Å². The maximum atomic E-state index is 13.0. The molecule has 1 saturated heterocycles. The monoisotopic (exact) mass is 267 g/mol. The van der Waals surface area contributed by atoms with E-state index in [4.69, 9.17) is 4.74 Å². The number of benzene rings is 1. The first-order valence-corrected chi connectivity index (χ1v) is 6.45. The first-order valence-electron chi connectivity index (χ1n) is 6.45. The number of morpholine rings is 1. The molecule has 1 aliphatic rings. The van der Waals surface area contributed by atoms with Crippen molar-refractivity contribution in [3.05, 3.63) is 35.6 Å². The summed E-state index contributed by atoms with van der Waals surface area (Å²) in [5, 5.41) is 9.26. The third-order valence-corrected chi connectivity index (χ3v) is 3.50. The van der Waals surface area contributed by atoms with Crippen LogP contribution in [0.2, 0.25) is 0 Å². The number of halogens is 1. The Labute approximate surface area is 111 Å². The van der Waals surface area contributed by atoms with Crippen molar-refractivity contribution in [1.82, 2.24) is 4.90 Å². The topological polar surface area (TPSA) is 49.8 Å². The minimum absolute atomic E-state index is 0.0226. The van der Waals surface area contributed by atoms with Crippen LogP contribution < -0.4 is 0 Å². The van der Waals surface area contributed by atoms with Crippen molar-refractivity contribution in [1.29, 1.82) is 0 Å². The van der Waals surface area contributed by atoms with Gasteiger partial charge in [0.15, 0.2) is 0 Å². The minimum Gasteiger partial charge on any atom is -0.480 e. The predicted molar refractivity (Wildman–Crippen MR) is 68.4 cm³/mol. The summed E-state index contributed by atoms with van der Waals surface area (Å²) < 4.78 is 18.2. The van der Waals surface area contributed by atoms with Crippen molar-refractivity contribution < 1.29 is 19.0 Å². The van der Waals surface area contributed by atoms with Crippen LogP contribution in [-0.2, 0) is 9.53 Å². The van der Waals surface area contributed by atoms with Gasteiger partial charge in [0.2, 0.25) is 0 Å². The zero-order chi connectivity index (χ0) is 13.8. The third-order valence-electron chi connectivity index (χ3n) is 3.50. The van der Waals surface area contributed by atoms with E-state index in [0.717, 1.165) is 12.0 Å². The Hall–Kier alpha value is -1.46. The van der Waals surface area contributed by atoms with Crippen molar-refractivity contribution in [3.8, 4) is 0 Å². The van der Waals surface area contributed by atoms with Gasteiger partial charge in [-0.25, -0.2) is 4.39 Å². The number of carboxylic acids is 1. The summed E-state index contributed by atoms with van der Waals surface area (Å²) in [6.07, 6.45) is 0.773. The van der Waals surface area contributed by atoms with Gasteiger partial charge >= 0.3 is 5.97 Å². The fourth-order valence-electron chi connectivity index (χ4n) is 2.55. The van der Waals surface area contributed by atoms with Crippen molar-refractivity contribution in [2.75, 3.05) is 19.8 Å². The second-order valence-electron chi connectivity index (χ2n) is 4.64. The molecule has 2 atom stereocenters. The molecule has 1 fully saturated rings. The van der Waals surface area contributed by atoms with Crippen molar-refractivity contribution in [3.63, 3.8) is 0 Å². The van der Waals surface area contributed by atoms with Crippen molar-refractivity contribution >= 4 is 5.97 Å². The molecule has 0 radical (unpaired) electrons. The summed E-state index contributed by atoms with van der Waals surface area (Å²) in [5.41, 5.74) is 0.942. The van der Waals surface area contributed by atoms with Gasteiger partial charge in [-0.1, -0.05) is 19.1 Å². The number of nitrogens with zero attached hydrogens (tertiary/aromatic N) is 1. The lowest BCUT2D eigenvalue weighted by Crippen LogP contribution is -2.51. The lowest BCUT2D eigenvalue weighted by molar-refractivity contribution is -0.151. The highest BCUT2D eigenvalue weighted by Crippen LogP contribution is 2.28. The quantitative estimate of drug-likeness (QED) is 0.907. The van der Waals surface area contributed by atoms with Gasteiger partial charge in [0.25, 0.3) is 0 Å². The molecule has 4 nitrogen and oxygen atoms in total. The summed E-state index contributed by atoms with van der Waals surface area (Å²) in [5.74, 6) is -1.16. The molecule has 0 aromatic heterocycles. The Morgan fingerprint density at radius 3 is 2.79 bits per heavy atom. The molecule has 5 heteroatoms. The van der Waals surface area contributed by atoms with Crippen LogP contribution in [0.3, 0.4) is 0 Å². The first kappa shape index (κ1) is 14.0. The van der Waals surface area contributed by atoms with Crippen LogP contribution in [0.1, 0.15) is 24.9 Å². The van der Waals surface area contributed by atoms with Crippen LogP contribution in [0.15, 0.2) is 24.3 Å². The molecule has 1 aliphatic heterocycles. The highest BCUT2D eigenvalue weighted by atomic mass is 19.1. The zero-order valence-corrected chi connectivity index (χ0v) is 10.9. The Bertz CT molecular complexity index is 435. The summed E-state index contributed by atoms with van der Waals surface area (Å²) in [7, 11) is 0. The smallest absolute Gasteiger partial charge is 0.323 e. The van der Waals surface area contributed by atoms with E-state index in [2.05, 4.69) is 0 Å². The van der Waals surface area contributed by atoms with Crippen LogP contribution in [0.5, 0.6) is 0 Å². The van der Waals surface area contributed by atoms with E-state index >= 15 is 0 Å². The van der Waals surface area contributed by atoms with Crippen molar-refractivity contribution in [2.45, 2.75) is 25.4 Å². The SMILES string of the molecule is CCC(c1ccc(F)cc1)N1CCOCC1C(=O)O. The van der Waals surface area contributed by atoms with E-state index in [1.54, 1.807) is 12.1 Å². The largest absolute Gasteiger partial charge is 0.480 e. The molecular formula is C14H18FNO3. The van der Waals surface area contributed by atoms with Gasteiger partial charge in [-0.3, -0.25) is 9.69 Å². The van der Waals surface area contributed by atoms with Crippen LogP contribution in [0, 0.1) is 5.82 Å². The Kier molecular flexibility index (Phi) is 4.50. The summed E-state index contributed by atoms with van der Waals surface area (Å²) >= 11 is 0. The molecular weight excluding hydrogens is 249 g/mol. The normalized spacial score (nSPS) is 22.1. The molecule has 1 aromatic carbocycles. The van der Waals surface area contributed by atoms with Gasteiger partial charge in [0.1, 0.15) is 11.9 Å². The average Bonchev–Trinajstić information content (AvgIpc) is 2.42. The number of ether oxygens (including phenoxy) is 1. The second kappa shape index (κ2) is 6.12. The molecule has 0 aliphatic carbocycles. The lowest BCUT2D eigenvalue weighted by Gasteiger charge is -2.38. The van der Waals surface area contributed by atoms with E-state index in [1.165, 1.54) is 12.1 Å². The molecule has 0 saturated carbocycles. The standard InChI is InChI=1S/C14H18FNO3/c1-2-12(10-3-5-11(15)6-4-10)16-7-8-19-9-13(16)14(17)18/h3-6,12-13H,2,7-9H2,1H3,(H,17,18). The maximum Gasteiger partial charge on any atom is 0.323 e. The molecule has 2 unspecified atom stereocenters. The number of carboxylic acid groups (broad SMARTS) is 1. The Balaban J connectivity index is 2.24. The molecule has 19 heavy (non-hydrogen) atoms. The van der Waals surface area contributed by atoms with Crippen LogP contribution in [0.4, 0.5) is 4.39 Å². The van der Waals surface area contributed by atoms with Crippen molar-refractivity contribution in [2.24, 2.45) is 0 Å². The Morgan fingerprint density at radius 1 is 1.53 bits per heavy atom. The highest BCUT2D eigenvalue weighted by molar-refractivity contribution is 5.73. The average molecular weight is 267 g/mol. The fourth-order valence-corrected chi connectivity index (χ4v) is 2.55. The van der Waals surface area contributed by atoms with E-state index < -0.39 is 12.0 Å². The van der Waals surface area contributed by atoms with Gasteiger partial charge in [0, 0.05) is 12.6 Å². The molecule has 0 amide bonds. The Morgan fingerprint density at radius 2 is 2.21 bits per heavy atom. The van der Waals surface area contributed by atoms with Crippen LogP contribution >= 0.6 is 0 Å². The molecule has 104 valence electrons. The molecule has 0 bridgehead atoms. The van der Waals surface area contributed by atoms with E-state index in [-0.39, 0.29) is 18.5 Å². The summed E-state index contributed by atoms with van der Waals surface area (Å²) in [4.78, 5) is 13.2. The van der Waals surface area contributed by atoms with Gasteiger partial charge in [-0.2, -0.15) is 0 Å². The molecule has 1 aromatic rings. The van der Waals surface area contributed by atoms with E-state index in [1.807, 2.05) is 11.8 Å². The zero-order valence-electron chi connectivity index (χ0n) is 10.9.